The van der Waals surface area contributed by atoms with E-state index in [9.17, 15) is 9.90 Å². The number of rotatable bonds is 4. The molecule has 1 unspecified atom stereocenters. The van der Waals surface area contributed by atoms with Crippen LogP contribution in [-0.2, 0) is 9.53 Å². The minimum absolute atomic E-state index is 0.135. The van der Waals surface area contributed by atoms with Crippen LogP contribution in [0.2, 0.25) is 0 Å². The highest BCUT2D eigenvalue weighted by atomic mass is 16.6. The molecule has 1 aromatic carbocycles. The van der Waals surface area contributed by atoms with Crippen molar-refractivity contribution in [2.45, 2.75) is 26.4 Å². The van der Waals surface area contributed by atoms with Crippen LogP contribution in [-0.4, -0.2) is 30.4 Å². The Hall–Kier alpha value is -1.55. The summed E-state index contributed by atoms with van der Waals surface area (Å²) in [4.78, 5) is 11.2. The SMILES string of the molecule is COC(=O)C(C)(O)COc1ccc(C)cc1C. The average molecular weight is 238 g/mol. The first kappa shape index (κ1) is 13.5. The van der Waals surface area contributed by atoms with Gasteiger partial charge in [0.25, 0.3) is 0 Å². The van der Waals surface area contributed by atoms with Gasteiger partial charge in [-0.3, -0.25) is 0 Å². The zero-order valence-corrected chi connectivity index (χ0v) is 10.6. The van der Waals surface area contributed by atoms with Crippen molar-refractivity contribution >= 4 is 5.97 Å². The Morgan fingerprint density at radius 3 is 2.59 bits per heavy atom. The normalized spacial score (nSPS) is 13.9. The Balaban J connectivity index is 2.70. The second-order valence-electron chi connectivity index (χ2n) is 4.32. The van der Waals surface area contributed by atoms with Crippen LogP contribution in [0.3, 0.4) is 0 Å². The van der Waals surface area contributed by atoms with Crippen LogP contribution in [0.1, 0.15) is 18.1 Å². The maximum atomic E-state index is 11.2. The van der Waals surface area contributed by atoms with Gasteiger partial charge in [-0.25, -0.2) is 4.79 Å². The minimum atomic E-state index is -1.63. The Morgan fingerprint density at radius 1 is 1.41 bits per heavy atom. The number of aryl methyl sites for hydroxylation is 2. The van der Waals surface area contributed by atoms with Crippen molar-refractivity contribution in [3.05, 3.63) is 29.3 Å². The molecule has 4 heteroatoms. The summed E-state index contributed by atoms with van der Waals surface area (Å²) in [6.07, 6.45) is 0. The molecule has 1 atom stereocenters. The molecule has 17 heavy (non-hydrogen) atoms. The van der Waals surface area contributed by atoms with E-state index in [1.54, 1.807) is 0 Å². The molecule has 0 aliphatic rings. The van der Waals surface area contributed by atoms with Crippen LogP contribution < -0.4 is 4.74 Å². The van der Waals surface area contributed by atoms with E-state index in [1.807, 2.05) is 32.0 Å². The van der Waals surface area contributed by atoms with Crippen molar-refractivity contribution in [3.8, 4) is 5.75 Å². The molecule has 0 fully saturated rings. The number of hydrogen-bond acceptors (Lipinski definition) is 4. The van der Waals surface area contributed by atoms with E-state index in [0.29, 0.717) is 5.75 Å². The average Bonchev–Trinajstić information content (AvgIpc) is 2.26. The molecule has 0 aromatic heterocycles. The minimum Gasteiger partial charge on any atom is -0.490 e. The van der Waals surface area contributed by atoms with Crippen molar-refractivity contribution in [1.29, 1.82) is 0 Å². The van der Waals surface area contributed by atoms with Crippen molar-refractivity contribution < 1.29 is 19.4 Å². The fraction of sp³-hybridized carbons (Fsp3) is 0.462. The molecule has 0 heterocycles. The van der Waals surface area contributed by atoms with Gasteiger partial charge in [-0.2, -0.15) is 0 Å². The summed E-state index contributed by atoms with van der Waals surface area (Å²) >= 11 is 0. The predicted molar refractivity (Wildman–Crippen MR) is 64.1 cm³/mol. The molecular formula is C13H18O4. The van der Waals surface area contributed by atoms with E-state index in [-0.39, 0.29) is 6.61 Å². The number of methoxy groups -OCH3 is 1. The Bertz CT molecular complexity index is 410. The second kappa shape index (κ2) is 5.19. The molecule has 0 spiro atoms. The number of esters is 1. The fourth-order valence-electron chi connectivity index (χ4n) is 1.46. The number of ether oxygens (including phenoxy) is 2. The van der Waals surface area contributed by atoms with Gasteiger partial charge in [0.2, 0.25) is 0 Å². The van der Waals surface area contributed by atoms with Crippen LogP contribution >= 0.6 is 0 Å². The molecule has 0 radical (unpaired) electrons. The van der Waals surface area contributed by atoms with Crippen molar-refractivity contribution in [2.24, 2.45) is 0 Å². The van der Waals surface area contributed by atoms with E-state index >= 15 is 0 Å². The maximum absolute atomic E-state index is 11.2. The Kier molecular flexibility index (Phi) is 4.12. The van der Waals surface area contributed by atoms with Gasteiger partial charge in [0.1, 0.15) is 12.4 Å². The summed E-state index contributed by atoms with van der Waals surface area (Å²) in [6, 6.07) is 5.70. The Morgan fingerprint density at radius 2 is 2.06 bits per heavy atom. The predicted octanol–water partition coefficient (Wildman–Crippen LogP) is 1.61. The lowest BCUT2D eigenvalue weighted by Gasteiger charge is -2.21. The zero-order valence-electron chi connectivity index (χ0n) is 10.6. The standard InChI is InChI=1S/C13H18O4/c1-9-5-6-11(10(2)7-9)17-8-13(3,15)12(14)16-4/h5-7,15H,8H2,1-4H3. The molecule has 1 rings (SSSR count). The molecule has 1 aromatic rings. The molecule has 94 valence electrons. The molecule has 1 N–H and O–H groups in total. The lowest BCUT2D eigenvalue weighted by Crippen LogP contribution is -2.42. The maximum Gasteiger partial charge on any atom is 0.341 e. The topological polar surface area (TPSA) is 55.8 Å². The quantitative estimate of drug-likeness (QED) is 0.810. The molecule has 0 amide bonds. The van der Waals surface area contributed by atoms with Crippen molar-refractivity contribution in [3.63, 3.8) is 0 Å². The third kappa shape index (κ3) is 3.46. The summed E-state index contributed by atoms with van der Waals surface area (Å²) in [5, 5.41) is 9.79. The fourth-order valence-corrected chi connectivity index (χ4v) is 1.46. The first-order valence-corrected chi connectivity index (χ1v) is 5.37. The van der Waals surface area contributed by atoms with Gasteiger partial charge >= 0.3 is 5.97 Å². The Labute approximate surface area is 101 Å². The van der Waals surface area contributed by atoms with Crippen LogP contribution in [0.4, 0.5) is 0 Å². The first-order chi connectivity index (χ1) is 7.86. The molecule has 4 nitrogen and oxygen atoms in total. The highest BCUT2D eigenvalue weighted by Crippen LogP contribution is 2.20. The third-order valence-corrected chi connectivity index (χ3v) is 2.46. The number of aliphatic hydroxyl groups is 1. The van der Waals surface area contributed by atoms with Gasteiger partial charge in [0, 0.05) is 0 Å². The van der Waals surface area contributed by atoms with E-state index in [4.69, 9.17) is 4.74 Å². The summed E-state index contributed by atoms with van der Waals surface area (Å²) in [5.41, 5.74) is 0.465. The molecule has 0 aliphatic heterocycles. The lowest BCUT2D eigenvalue weighted by molar-refractivity contribution is -0.163. The molecule has 0 saturated carbocycles. The van der Waals surface area contributed by atoms with E-state index in [0.717, 1.165) is 11.1 Å². The van der Waals surface area contributed by atoms with Crippen LogP contribution in [0.15, 0.2) is 18.2 Å². The van der Waals surface area contributed by atoms with Gasteiger partial charge in [-0.1, -0.05) is 17.7 Å². The number of carbonyl (C=O) groups excluding carboxylic acids is 1. The number of carbonyl (C=O) groups is 1. The highest BCUT2D eigenvalue weighted by molar-refractivity contribution is 5.78. The first-order valence-electron chi connectivity index (χ1n) is 5.37. The number of hydrogen-bond donors (Lipinski definition) is 1. The summed E-state index contributed by atoms with van der Waals surface area (Å²) in [7, 11) is 1.23. The van der Waals surface area contributed by atoms with Gasteiger partial charge < -0.3 is 14.6 Å². The molecule has 0 saturated heterocycles. The smallest absolute Gasteiger partial charge is 0.341 e. The summed E-state index contributed by atoms with van der Waals surface area (Å²) in [6.45, 7) is 5.13. The van der Waals surface area contributed by atoms with Gasteiger partial charge in [0.15, 0.2) is 5.60 Å². The van der Waals surface area contributed by atoms with Crippen LogP contribution in [0.25, 0.3) is 0 Å². The molecular weight excluding hydrogens is 220 g/mol. The molecule has 0 aliphatic carbocycles. The van der Waals surface area contributed by atoms with Gasteiger partial charge in [-0.05, 0) is 32.4 Å². The van der Waals surface area contributed by atoms with E-state index < -0.39 is 11.6 Å². The monoisotopic (exact) mass is 238 g/mol. The van der Waals surface area contributed by atoms with Crippen LogP contribution in [0, 0.1) is 13.8 Å². The number of benzene rings is 1. The zero-order chi connectivity index (χ0) is 13.1. The summed E-state index contributed by atoms with van der Waals surface area (Å²) in [5.74, 6) is -0.0537. The van der Waals surface area contributed by atoms with Crippen LogP contribution in [0.5, 0.6) is 5.75 Å². The van der Waals surface area contributed by atoms with Gasteiger partial charge in [-0.15, -0.1) is 0 Å². The lowest BCUT2D eigenvalue weighted by atomic mass is 10.1. The highest BCUT2D eigenvalue weighted by Gasteiger charge is 2.32. The van der Waals surface area contributed by atoms with E-state index in [2.05, 4.69) is 4.74 Å². The van der Waals surface area contributed by atoms with Crippen molar-refractivity contribution in [1.82, 2.24) is 0 Å². The summed E-state index contributed by atoms with van der Waals surface area (Å²) < 4.78 is 9.91. The molecule has 0 bridgehead atoms. The van der Waals surface area contributed by atoms with Gasteiger partial charge in [0.05, 0.1) is 7.11 Å². The second-order valence-corrected chi connectivity index (χ2v) is 4.32. The van der Waals surface area contributed by atoms with E-state index in [1.165, 1.54) is 14.0 Å². The largest absolute Gasteiger partial charge is 0.490 e. The van der Waals surface area contributed by atoms with Crippen molar-refractivity contribution in [2.75, 3.05) is 13.7 Å². The third-order valence-electron chi connectivity index (χ3n) is 2.46.